The Bertz CT molecular complexity index is 994. The van der Waals surface area contributed by atoms with Gasteiger partial charge >= 0.3 is 0 Å². The van der Waals surface area contributed by atoms with Gasteiger partial charge in [0, 0.05) is 57.0 Å². The molecule has 2 saturated heterocycles. The highest BCUT2D eigenvalue weighted by Gasteiger charge is 2.25. The molecule has 1 N–H and O–H groups in total. The molecule has 0 radical (unpaired) electrons. The molecule has 2 fully saturated rings. The number of carbonyl (C=O) groups is 2. The van der Waals surface area contributed by atoms with Gasteiger partial charge in [-0.3, -0.25) is 14.5 Å². The molecule has 0 saturated carbocycles. The summed E-state index contributed by atoms with van der Waals surface area (Å²) in [5.74, 6) is 0.879. The van der Waals surface area contributed by atoms with Gasteiger partial charge in [0.2, 0.25) is 0 Å². The van der Waals surface area contributed by atoms with E-state index in [1.165, 1.54) is 11.1 Å². The van der Waals surface area contributed by atoms with Crippen molar-refractivity contribution in [3.05, 3.63) is 59.2 Å². The number of hydrogen-bond acceptors (Lipinski definition) is 5. The molecule has 2 amide bonds. The Hall–Kier alpha value is -2.90. The Morgan fingerprint density at radius 2 is 1.91 bits per heavy atom. The number of anilines is 1. The Labute approximate surface area is 188 Å². The normalized spacial score (nSPS) is 20.6. The first-order valence-corrected chi connectivity index (χ1v) is 11.4. The van der Waals surface area contributed by atoms with Crippen LogP contribution in [0.1, 0.15) is 34.3 Å². The number of fused-ring (bicyclic) bond motifs is 1. The first kappa shape index (κ1) is 21.0. The third-order valence-corrected chi connectivity index (χ3v) is 6.42. The summed E-state index contributed by atoms with van der Waals surface area (Å²) < 4.78 is 11.0. The van der Waals surface area contributed by atoms with Crippen LogP contribution in [0.3, 0.4) is 0 Å². The molecule has 3 aliphatic rings. The van der Waals surface area contributed by atoms with E-state index in [9.17, 15) is 9.59 Å². The number of amides is 2. The molecule has 3 aliphatic heterocycles. The number of carbonyl (C=O) groups excluding carboxylic acids is 2. The van der Waals surface area contributed by atoms with Crippen LogP contribution in [0.15, 0.2) is 42.5 Å². The number of benzene rings is 2. The summed E-state index contributed by atoms with van der Waals surface area (Å²) in [6, 6.07) is 13.6. The minimum Gasteiger partial charge on any atom is -0.493 e. The van der Waals surface area contributed by atoms with E-state index in [1.807, 2.05) is 23.1 Å². The molecule has 32 heavy (non-hydrogen) atoms. The van der Waals surface area contributed by atoms with Crippen LogP contribution in [0.25, 0.3) is 0 Å². The minimum atomic E-state index is -0.388. The van der Waals surface area contributed by atoms with E-state index in [2.05, 4.69) is 28.4 Å². The topological polar surface area (TPSA) is 71.1 Å². The summed E-state index contributed by atoms with van der Waals surface area (Å²) in [6.45, 7) is 5.37. The van der Waals surface area contributed by atoms with Gasteiger partial charge in [0.1, 0.15) is 11.9 Å². The lowest BCUT2D eigenvalue weighted by Crippen LogP contribution is -2.48. The lowest BCUT2D eigenvalue weighted by atomic mass is 10.1. The monoisotopic (exact) mass is 435 g/mol. The second-order valence-electron chi connectivity index (χ2n) is 8.68. The van der Waals surface area contributed by atoms with Crippen molar-refractivity contribution in [1.82, 2.24) is 9.80 Å². The zero-order chi connectivity index (χ0) is 21.9. The molecule has 168 valence electrons. The summed E-state index contributed by atoms with van der Waals surface area (Å²) in [4.78, 5) is 29.6. The molecular weight excluding hydrogens is 406 g/mol. The van der Waals surface area contributed by atoms with Crippen molar-refractivity contribution in [1.29, 1.82) is 0 Å². The van der Waals surface area contributed by atoms with Gasteiger partial charge in [-0.25, -0.2) is 0 Å². The highest BCUT2D eigenvalue weighted by atomic mass is 16.5. The number of piperazine rings is 1. The summed E-state index contributed by atoms with van der Waals surface area (Å²) in [5, 5.41) is 2.88. The first-order valence-electron chi connectivity index (χ1n) is 11.4. The fourth-order valence-electron chi connectivity index (χ4n) is 4.63. The standard InChI is InChI=1S/C25H29N3O4/c29-24(23-5-2-13-31-23)26-21-4-1-3-20(16-21)25(30)28-11-9-27(10-12-28)17-18-6-7-22-19(15-18)8-14-32-22/h1,3-4,6-7,15-16,23H,2,5,8-14,17H2,(H,26,29)/t23-/m0/s1. The van der Waals surface area contributed by atoms with Gasteiger partial charge in [-0.15, -0.1) is 0 Å². The fourth-order valence-corrected chi connectivity index (χ4v) is 4.63. The maximum atomic E-state index is 13.0. The van der Waals surface area contributed by atoms with Crippen LogP contribution >= 0.6 is 0 Å². The predicted molar refractivity (Wildman–Crippen MR) is 121 cm³/mol. The smallest absolute Gasteiger partial charge is 0.254 e. The average molecular weight is 436 g/mol. The SMILES string of the molecule is O=C(Nc1cccc(C(=O)N2CCN(Cc3ccc4c(c3)CCO4)CC2)c1)[C@@H]1CCCO1. The third kappa shape index (κ3) is 4.64. The molecule has 1 atom stereocenters. The van der Waals surface area contributed by atoms with E-state index >= 15 is 0 Å². The van der Waals surface area contributed by atoms with Gasteiger partial charge < -0.3 is 19.7 Å². The molecule has 7 heteroatoms. The zero-order valence-electron chi connectivity index (χ0n) is 18.2. The Kier molecular flexibility index (Phi) is 6.10. The maximum absolute atomic E-state index is 13.0. The second kappa shape index (κ2) is 9.30. The van der Waals surface area contributed by atoms with Gasteiger partial charge in [-0.05, 0) is 48.2 Å². The number of nitrogens with zero attached hydrogens (tertiary/aromatic N) is 2. The van der Waals surface area contributed by atoms with Crippen LogP contribution in [0.5, 0.6) is 5.75 Å². The largest absolute Gasteiger partial charge is 0.493 e. The Morgan fingerprint density at radius 3 is 2.72 bits per heavy atom. The van der Waals surface area contributed by atoms with Crippen LogP contribution in [-0.4, -0.2) is 67.1 Å². The van der Waals surface area contributed by atoms with Gasteiger partial charge in [0.05, 0.1) is 6.61 Å². The van der Waals surface area contributed by atoms with Crippen LogP contribution < -0.4 is 10.1 Å². The van der Waals surface area contributed by atoms with E-state index < -0.39 is 0 Å². The van der Waals surface area contributed by atoms with Crippen LogP contribution in [0, 0.1) is 0 Å². The van der Waals surface area contributed by atoms with Crippen molar-refractivity contribution in [2.24, 2.45) is 0 Å². The molecule has 0 unspecified atom stereocenters. The van der Waals surface area contributed by atoms with Crippen molar-refractivity contribution >= 4 is 17.5 Å². The molecule has 5 rings (SSSR count). The minimum absolute atomic E-state index is 0.00699. The highest BCUT2D eigenvalue weighted by Crippen LogP contribution is 2.26. The molecule has 2 aromatic rings. The van der Waals surface area contributed by atoms with Crippen molar-refractivity contribution < 1.29 is 19.1 Å². The molecule has 0 aromatic heterocycles. The Morgan fingerprint density at radius 1 is 1.03 bits per heavy atom. The quantitative estimate of drug-likeness (QED) is 0.782. The van der Waals surface area contributed by atoms with Gasteiger partial charge in [-0.1, -0.05) is 18.2 Å². The number of ether oxygens (including phenoxy) is 2. The fraction of sp³-hybridized carbons (Fsp3) is 0.440. The van der Waals surface area contributed by atoms with Gasteiger partial charge in [0.15, 0.2) is 0 Å². The molecular formula is C25H29N3O4. The van der Waals surface area contributed by atoms with Crippen LogP contribution in [0.2, 0.25) is 0 Å². The van der Waals surface area contributed by atoms with E-state index in [0.29, 0.717) is 30.9 Å². The van der Waals surface area contributed by atoms with Crippen molar-refractivity contribution in [2.75, 3.05) is 44.7 Å². The Balaban J connectivity index is 1.15. The highest BCUT2D eigenvalue weighted by molar-refractivity contribution is 5.98. The predicted octanol–water partition coefficient (Wildman–Crippen LogP) is 2.70. The maximum Gasteiger partial charge on any atom is 0.254 e. The average Bonchev–Trinajstić information content (AvgIpc) is 3.51. The number of hydrogen-bond donors (Lipinski definition) is 1. The van der Waals surface area contributed by atoms with Crippen LogP contribution in [0.4, 0.5) is 5.69 Å². The van der Waals surface area contributed by atoms with Gasteiger partial charge in [-0.2, -0.15) is 0 Å². The molecule has 0 bridgehead atoms. The third-order valence-electron chi connectivity index (χ3n) is 6.42. The molecule has 3 heterocycles. The van der Waals surface area contributed by atoms with Crippen molar-refractivity contribution in [3.8, 4) is 5.75 Å². The van der Waals surface area contributed by atoms with E-state index in [1.54, 1.807) is 6.07 Å². The molecule has 0 spiro atoms. The first-order chi connectivity index (χ1) is 15.7. The number of nitrogens with one attached hydrogen (secondary N) is 1. The number of rotatable bonds is 5. The lowest BCUT2D eigenvalue weighted by Gasteiger charge is -2.35. The summed E-state index contributed by atoms with van der Waals surface area (Å²) >= 11 is 0. The van der Waals surface area contributed by atoms with Crippen LogP contribution in [-0.2, 0) is 22.5 Å². The summed E-state index contributed by atoms with van der Waals surface area (Å²) in [6.07, 6.45) is 2.25. The van der Waals surface area contributed by atoms with E-state index in [-0.39, 0.29) is 17.9 Å². The zero-order valence-corrected chi connectivity index (χ0v) is 18.2. The molecule has 7 nitrogen and oxygen atoms in total. The molecule has 2 aromatic carbocycles. The summed E-state index contributed by atoms with van der Waals surface area (Å²) in [7, 11) is 0. The van der Waals surface area contributed by atoms with Crippen molar-refractivity contribution in [3.63, 3.8) is 0 Å². The summed E-state index contributed by atoms with van der Waals surface area (Å²) in [5.41, 5.74) is 3.82. The lowest BCUT2D eigenvalue weighted by molar-refractivity contribution is -0.124. The van der Waals surface area contributed by atoms with E-state index in [0.717, 1.165) is 51.3 Å². The van der Waals surface area contributed by atoms with Gasteiger partial charge in [0.25, 0.3) is 11.8 Å². The van der Waals surface area contributed by atoms with Crippen molar-refractivity contribution in [2.45, 2.75) is 31.9 Å². The second-order valence-corrected chi connectivity index (χ2v) is 8.68. The molecule has 0 aliphatic carbocycles. The van der Waals surface area contributed by atoms with E-state index in [4.69, 9.17) is 9.47 Å².